The Kier molecular flexibility index (Phi) is 7.14. The van der Waals surface area contributed by atoms with Gasteiger partial charge in [-0.2, -0.15) is 0 Å². The summed E-state index contributed by atoms with van der Waals surface area (Å²) in [6, 6.07) is 5.31. The number of esters is 1. The summed E-state index contributed by atoms with van der Waals surface area (Å²) in [5, 5.41) is 8.93. The monoisotopic (exact) mass is 399 g/mol. The largest absolute Gasteiger partial charge is 0.479 e. The number of carbonyl (C=O) groups is 2. The van der Waals surface area contributed by atoms with Crippen molar-refractivity contribution in [3.8, 4) is 5.88 Å². The minimum Gasteiger partial charge on any atom is -0.479 e. The lowest BCUT2D eigenvalue weighted by molar-refractivity contribution is -0.146. The van der Waals surface area contributed by atoms with Crippen LogP contribution in [0.5, 0.6) is 5.88 Å². The third-order valence-corrected chi connectivity index (χ3v) is 3.49. The number of halogens is 2. The maximum atomic E-state index is 12.0. The van der Waals surface area contributed by atoms with Crippen LogP contribution >= 0.6 is 23.2 Å². The van der Waals surface area contributed by atoms with Gasteiger partial charge in [-0.05, 0) is 29.7 Å². The number of rotatable bonds is 8. The Balaban J connectivity index is 1.85. The fraction of sp³-hybridized carbons (Fsp3) is 0.250. The van der Waals surface area contributed by atoms with Gasteiger partial charge in [-0.1, -0.05) is 29.3 Å². The number of nitrogens with two attached hydrogens (primary N) is 1. The Morgan fingerprint density at radius 2 is 1.88 bits per heavy atom. The standard InChI is InChI=1S/C16H15Cl2N3O5/c17-12-4-10(5-13(18)21-12)7-26-16(24)11(19)3-9-1-2-14(20-6-9)25-8-15(22)23/h1-2,4-6,11H,3,7-8,19H2,(H,22,23)/t11-/m0/s1. The molecule has 0 aromatic carbocycles. The Morgan fingerprint density at radius 1 is 1.19 bits per heavy atom. The fourth-order valence-electron chi connectivity index (χ4n) is 1.95. The smallest absolute Gasteiger partial charge is 0.341 e. The van der Waals surface area contributed by atoms with Crippen molar-refractivity contribution in [2.45, 2.75) is 19.1 Å². The predicted octanol–water partition coefficient (Wildman–Crippen LogP) is 1.86. The molecule has 8 nitrogen and oxygen atoms in total. The molecule has 0 aliphatic rings. The van der Waals surface area contributed by atoms with Crippen LogP contribution in [0.4, 0.5) is 0 Å². The molecule has 0 spiro atoms. The number of aliphatic carboxylic acids is 1. The number of nitrogens with zero attached hydrogens (tertiary/aromatic N) is 2. The molecule has 0 saturated heterocycles. The average molecular weight is 400 g/mol. The summed E-state index contributed by atoms with van der Waals surface area (Å²) in [6.07, 6.45) is 1.65. The van der Waals surface area contributed by atoms with E-state index in [4.69, 9.17) is 43.5 Å². The highest BCUT2D eigenvalue weighted by molar-refractivity contribution is 6.32. The molecule has 2 rings (SSSR count). The summed E-state index contributed by atoms with van der Waals surface area (Å²) in [4.78, 5) is 30.2. The van der Waals surface area contributed by atoms with E-state index < -0.39 is 24.6 Å². The molecule has 0 saturated carbocycles. The van der Waals surface area contributed by atoms with Crippen LogP contribution in [0.25, 0.3) is 0 Å². The Bertz CT molecular complexity index is 766. The second kappa shape index (κ2) is 9.33. The van der Waals surface area contributed by atoms with Crippen LogP contribution < -0.4 is 10.5 Å². The lowest BCUT2D eigenvalue weighted by Crippen LogP contribution is -2.34. The maximum absolute atomic E-state index is 12.0. The van der Waals surface area contributed by atoms with E-state index in [1.807, 2.05) is 0 Å². The number of hydrogen-bond acceptors (Lipinski definition) is 7. The minimum absolute atomic E-state index is 0.0330. The van der Waals surface area contributed by atoms with Gasteiger partial charge in [0.2, 0.25) is 5.88 Å². The zero-order valence-electron chi connectivity index (χ0n) is 13.4. The Hall–Kier alpha value is -2.42. The zero-order chi connectivity index (χ0) is 19.1. The van der Waals surface area contributed by atoms with Crippen LogP contribution in [0, 0.1) is 0 Å². The van der Waals surface area contributed by atoms with E-state index in [0.29, 0.717) is 11.1 Å². The van der Waals surface area contributed by atoms with Crippen LogP contribution in [0.15, 0.2) is 30.5 Å². The molecule has 2 heterocycles. The molecule has 1 atom stereocenters. The molecule has 0 aliphatic carbocycles. The molecule has 0 unspecified atom stereocenters. The number of carbonyl (C=O) groups excluding carboxylic acids is 1. The van der Waals surface area contributed by atoms with Crippen molar-refractivity contribution in [1.29, 1.82) is 0 Å². The molecule has 26 heavy (non-hydrogen) atoms. The van der Waals surface area contributed by atoms with Crippen molar-refractivity contribution < 1.29 is 24.2 Å². The van der Waals surface area contributed by atoms with Gasteiger partial charge in [0.05, 0.1) is 0 Å². The molecule has 2 aromatic rings. The van der Waals surface area contributed by atoms with Gasteiger partial charge >= 0.3 is 11.9 Å². The Labute approximate surface area is 158 Å². The van der Waals surface area contributed by atoms with Gasteiger partial charge in [0.1, 0.15) is 23.0 Å². The predicted molar refractivity (Wildman–Crippen MR) is 93.1 cm³/mol. The first-order valence-electron chi connectivity index (χ1n) is 7.37. The first-order chi connectivity index (χ1) is 12.3. The van der Waals surface area contributed by atoms with E-state index in [-0.39, 0.29) is 29.2 Å². The first kappa shape index (κ1) is 19.9. The molecule has 0 aliphatic heterocycles. The number of aromatic nitrogens is 2. The minimum atomic E-state index is -1.10. The van der Waals surface area contributed by atoms with Crippen LogP contribution in [0.1, 0.15) is 11.1 Å². The van der Waals surface area contributed by atoms with E-state index in [0.717, 1.165) is 0 Å². The summed E-state index contributed by atoms with van der Waals surface area (Å²) in [6.45, 7) is -0.518. The number of carboxylic acid groups (broad SMARTS) is 1. The van der Waals surface area contributed by atoms with Gasteiger partial charge in [0, 0.05) is 12.3 Å². The summed E-state index contributed by atoms with van der Waals surface area (Å²) < 4.78 is 10.1. The van der Waals surface area contributed by atoms with E-state index in [1.165, 1.54) is 24.4 Å². The summed E-state index contributed by atoms with van der Waals surface area (Å²) in [7, 11) is 0. The van der Waals surface area contributed by atoms with Gasteiger partial charge < -0.3 is 20.3 Å². The fourth-order valence-corrected chi connectivity index (χ4v) is 2.45. The molecule has 0 fully saturated rings. The van der Waals surface area contributed by atoms with Gasteiger partial charge in [0.15, 0.2) is 6.61 Å². The molecule has 138 valence electrons. The number of hydrogen-bond donors (Lipinski definition) is 2. The topological polar surface area (TPSA) is 125 Å². The van der Waals surface area contributed by atoms with Crippen molar-refractivity contribution in [1.82, 2.24) is 9.97 Å². The maximum Gasteiger partial charge on any atom is 0.341 e. The molecule has 10 heteroatoms. The van der Waals surface area contributed by atoms with Gasteiger partial charge in [-0.25, -0.2) is 14.8 Å². The van der Waals surface area contributed by atoms with Crippen molar-refractivity contribution >= 4 is 35.1 Å². The van der Waals surface area contributed by atoms with Crippen LogP contribution in [-0.2, 0) is 27.4 Å². The highest BCUT2D eigenvalue weighted by atomic mass is 35.5. The van der Waals surface area contributed by atoms with Gasteiger partial charge in [0.25, 0.3) is 0 Å². The average Bonchev–Trinajstić information content (AvgIpc) is 2.58. The Morgan fingerprint density at radius 3 is 2.46 bits per heavy atom. The van der Waals surface area contributed by atoms with Crippen molar-refractivity contribution in [2.24, 2.45) is 5.73 Å². The van der Waals surface area contributed by atoms with Crippen LogP contribution in [0.2, 0.25) is 10.3 Å². The lowest BCUT2D eigenvalue weighted by atomic mass is 10.1. The first-order valence-corrected chi connectivity index (χ1v) is 8.13. The summed E-state index contributed by atoms with van der Waals surface area (Å²) in [5.41, 5.74) is 7.10. The molecule has 0 radical (unpaired) electrons. The van der Waals surface area contributed by atoms with E-state index in [9.17, 15) is 9.59 Å². The number of pyridine rings is 2. The van der Waals surface area contributed by atoms with Gasteiger partial charge in [-0.3, -0.25) is 4.79 Å². The van der Waals surface area contributed by atoms with Crippen LogP contribution in [0.3, 0.4) is 0 Å². The molecule has 0 amide bonds. The molecule has 3 N–H and O–H groups in total. The van der Waals surface area contributed by atoms with E-state index >= 15 is 0 Å². The highest BCUT2D eigenvalue weighted by Gasteiger charge is 2.16. The quantitative estimate of drug-likeness (QED) is 0.508. The summed E-state index contributed by atoms with van der Waals surface area (Å²) in [5.74, 6) is -1.53. The molecular formula is C16H15Cl2N3O5. The zero-order valence-corrected chi connectivity index (χ0v) is 14.9. The van der Waals surface area contributed by atoms with Crippen molar-refractivity contribution in [3.05, 3.63) is 51.9 Å². The second-order valence-corrected chi connectivity index (χ2v) is 6.00. The lowest BCUT2D eigenvalue weighted by Gasteiger charge is -2.12. The van der Waals surface area contributed by atoms with Crippen LogP contribution in [-0.4, -0.2) is 39.7 Å². The third-order valence-electron chi connectivity index (χ3n) is 3.10. The number of ether oxygens (including phenoxy) is 2. The molecular weight excluding hydrogens is 385 g/mol. The summed E-state index contributed by atoms with van der Waals surface area (Å²) >= 11 is 11.6. The number of carboxylic acids is 1. The molecule has 0 bridgehead atoms. The van der Waals surface area contributed by atoms with E-state index in [1.54, 1.807) is 6.07 Å². The SMILES string of the molecule is N[C@@H](Cc1ccc(OCC(=O)O)nc1)C(=O)OCc1cc(Cl)nc(Cl)c1. The van der Waals surface area contributed by atoms with Crippen molar-refractivity contribution in [2.75, 3.05) is 6.61 Å². The van der Waals surface area contributed by atoms with Crippen molar-refractivity contribution in [3.63, 3.8) is 0 Å². The van der Waals surface area contributed by atoms with Gasteiger partial charge in [-0.15, -0.1) is 0 Å². The molecule has 2 aromatic heterocycles. The normalized spacial score (nSPS) is 11.7. The van der Waals surface area contributed by atoms with E-state index in [2.05, 4.69) is 9.97 Å². The third kappa shape index (κ3) is 6.47. The second-order valence-electron chi connectivity index (χ2n) is 5.23. The highest BCUT2D eigenvalue weighted by Crippen LogP contribution is 2.16.